The van der Waals surface area contributed by atoms with Crippen molar-refractivity contribution in [2.75, 3.05) is 6.54 Å². The first-order chi connectivity index (χ1) is 9.66. The second-order valence-corrected chi connectivity index (χ2v) is 5.04. The summed E-state index contributed by atoms with van der Waals surface area (Å²) in [4.78, 5) is 25.2. The van der Waals surface area contributed by atoms with Crippen molar-refractivity contribution in [3.63, 3.8) is 0 Å². The standard InChI is InChI=1S/C14H16N4O2/c15-14(20)12-6-3-7-18(12)13(19)8-11-9-4-1-2-5-10(9)16-17-11/h1-2,4-5,12H,3,6-8H2,(H2,15,20)(H,16,17). The van der Waals surface area contributed by atoms with Crippen molar-refractivity contribution in [3.8, 4) is 0 Å². The summed E-state index contributed by atoms with van der Waals surface area (Å²) in [5.41, 5.74) is 6.95. The Labute approximate surface area is 115 Å². The highest BCUT2D eigenvalue weighted by Crippen LogP contribution is 2.20. The van der Waals surface area contributed by atoms with Crippen molar-refractivity contribution in [3.05, 3.63) is 30.0 Å². The highest BCUT2D eigenvalue weighted by molar-refractivity contribution is 5.90. The van der Waals surface area contributed by atoms with E-state index in [9.17, 15) is 9.59 Å². The molecule has 1 fully saturated rings. The number of amides is 2. The molecule has 2 amide bonds. The maximum Gasteiger partial charge on any atom is 0.240 e. The van der Waals surface area contributed by atoms with Gasteiger partial charge in [-0.05, 0) is 18.9 Å². The van der Waals surface area contributed by atoms with Crippen molar-refractivity contribution in [1.82, 2.24) is 15.1 Å². The molecule has 2 heterocycles. The summed E-state index contributed by atoms with van der Waals surface area (Å²) in [6, 6.07) is 7.20. The maximum atomic E-state index is 12.3. The Morgan fingerprint density at radius 3 is 3.00 bits per heavy atom. The van der Waals surface area contributed by atoms with E-state index in [1.807, 2.05) is 24.3 Å². The molecule has 104 valence electrons. The molecule has 1 saturated heterocycles. The summed E-state index contributed by atoms with van der Waals surface area (Å²) in [6.07, 6.45) is 1.66. The fourth-order valence-electron chi connectivity index (χ4n) is 2.76. The third-order valence-electron chi connectivity index (χ3n) is 3.77. The van der Waals surface area contributed by atoms with E-state index in [1.165, 1.54) is 0 Å². The molecule has 20 heavy (non-hydrogen) atoms. The molecule has 1 aromatic heterocycles. The van der Waals surface area contributed by atoms with Crippen LogP contribution in [0.3, 0.4) is 0 Å². The van der Waals surface area contributed by atoms with Crippen LogP contribution in [0.2, 0.25) is 0 Å². The van der Waals surface area contributed by atoms with Crippen LogP contribution in [0.4, 0.5) is 0 Å². The first-order valence-corrected chi connectivity index (χ1v) is 6.67. The van der Waals surface area contributed by atoms with Gasteiger partial charge in [0.25, 0.3) is 0 Å². The van der Waals surface area contributed by atoms with Crippen molar-refractivity contribution in [1.29, 1.82) is 0 Å². The van der Waals surface area contributed by atoms with Gasteiger partial charge in [-0.3, -0.25) is 14.7 Å². The van der Waals surface area contributed by atoms with Gasteiger partial charge < -0.3 is 10.6 Å². The number of hydrogen-bond acceptors (Lipinski definition) is 3. The van der Waals surface area contributed by atoms with Gasteiger partial charge >= 0.3 is 0 Å². The Hall–Kier alpha value is -2.37. The summed E-state index contributed by atoms with van der Waals surface area (Å²) in [6.45, 7) is 0.592. The van der Waals surface area contributed by atoms with E-state index in [4.69, 9.17) is 5.73 Å². The number of nitrogens with one attached hydrogen (secondary N) is 1. The van der Waals surface area contributed by atoms with E-state index >= 15 is 0 Å². The molecule has 1 aromatic carbocycles. The molecule has 2 aromatic rings. The summed E-state index contributed by atoms with van der Waals surface area (Å²) < 4.78 is 0. The molecule has 0 radical (unpaired) electrons. The van der Waals surface area contributed by atoms with Gasteiger partial charge in [-0.1, -0.05) is 18.2 Å². The number of primary amides is 1. The number of aromatic amines is 1. The van der Waals surface area contributed by atoms with Crippen LogP contribution in [0, 0.1) is 0 Å². The number of nitrogens with zero attached hydrogens (tertiary/aromatic N) is 2. The highest BCUT2D eigenvalue weighted by Gasteiger charge is 2.32. The summed E-state index contributed by atoms with van der Waals surface area (Å²) in [5, 5.41) is 8.03. The van der Waals surface area contributed by atoms with Gasteiger partial charge in [-0.15, -0.1) is 0 Å². The van der Waals surface area contributed by atoms with Crippen molar-refractivity contribution >= 4 is 22.7 Å². The lowest BCUT2D eigenvalue weighted by molar-refractivity contribution is -0.136. The second kappa shape index (κ2) is 4.96. The Morgan fingerprint density at radius 2 is 2.20 bits per heavy atom. The summed E-state index contributed by atoms with van der Waals surface area (Å²) in [7, 11) is 0. The lowest BCUT2D eigenvalue weighted by atomic mass is 10.1. The number of fused-ring (bicyclic) bond motifs is 1. The first kappa shape index (κ1) is 12.7. The molecular formula is C14H16N4O2. The van der Waals surface area contributed by atoms with Crippen molar-refractivity contribution in [2.45, 2.75) is 25.3 Å². The number of hydrogen-bond donors (Lipinski definition) is 2. The largest absolute Gasteiger partial charge is 0.368 e. The van der Waals surface area contributed by atoms with Gasteiger partial charge in [0.2, 0.25) is 11.8 Å². The van der Waals surface area contributed by atoms with Crippen LogP contribution >= 0.6 is 0 Å². The average Bonchev–Trinajstić information content (AvgIpc) is 3.06. The van der Waals surface area contributed by atoms with Crippen LogP contribution in [0.1, 0.15) is 18.5 Å². The van der Waals surface area contributed by atoms with Gasteiger partial charge in [0, 0.05) is 11.9 Å². The van der Waals surface area contributed by atoms with Gasteiger partial charge in [-0.2, -0.15) is 5.10 Å². The van der Waals surface area contributed by atoms with Gasteiger partial charge in [0.1, 0.15) is 6.04 Å². The summed E-state index contributed by atoms with van der Waals surface area (Å²) in [5.74, 6) is -0.522. The van der Waals surface area contributed by atoms with Crippen LogP contribution < -0.4 is 5.73 Å². The minimum atomic E-state index is -0.465. The number of para-hydroxylation sites is 1. The number of H-pyrrole nitrogens is 1. The maximum absolute atomic E-state index is 12.3. The number of likely N-dealkylation sites (tertiary alicyclic amines) is 1. The predicted molar refractivity (Wildman–Crippen MR) is 73.7 cm³/mol. The predicted octanol–water partition coefficient (Wildman–Crippen LogP) is 0.582. The quantitative estimate of drug-likeness (QED) is 0.856. The molecule has 0 aliphatic carbocycles. The minimum absolute atomic E-state index is 0.0939. The van der Waals surface area contributed by atoms with E-state index < -0.39 is 11.9 Å². The van der Waals surface area contributed by atoms with E-state index in [1.54, 1.807) is 4.90 Å². The fraction of sp³-hybridized carbons (Fsp3) is 0.357. The van der Waals surface area contributed by atoms with Crippen LogP contribution in [-0.2, 0) is 16.0 Å². The molecule has 1 aliphatic rings. The molecule has 3 N–H and O–H groups in total. The minimum Gasteiger partial charge on any atom is -0.368 e. The molecule has 1 atom stereocenters. The van der Waals surface area contributed by atoms with Gasteiger partial charge in [0.15, 0.2) is 0 Å². The molecule has 1 aliphatic heterocycles. The Bertz CT molecular complexity index is 664. The number of carbonyl (C=O) groups is 2. The monoisotopic (exact) mass is 272 g/mol. The zero-order chi connectivity index (χ0) is 14.1. The average molecular weight is 272 g/mol. The van der Waals surface area contributed by atoms with E-state index in [0.29, 0.717) is 18.7 Å². The third-order valence-corrected chi connectivity index (χ3v) is 3.77. The van der Waals surface area contributed by atoms with Crippen LogP contribution in [-0.4, -0.2) is 39.5 Å². The van der Waals surface area contributed by atoms with Crippen molar-refractivity contribution in [2.24, 2.45) is 5.73 Å². The zero-order valence-electron chi connectivity index (χ0n) is 11.0. The second-order valence-electron chi connectivity index (χ2n) is 5.04. The van der Waals surface area contributed by atoms with Crippen LogP contribution in [0.5, 0.6) is 0 Å². The van der Waals surface area contributed by atoms with E-state index in [0.717, 1.165) is 17.3 Å². The number of aromatic nitrogens is 2. The topological polar surface area (TPSA) is 92.1 Å². The number of benzene rings is 1. The lowest BCUT2D eigenvalue weighted by Gasteiger charge is -2.21. The van der Waals surface area contributed by atoms with Gasteiger partial charge in [-0.25, -0.2) is 0 Å². The molecule has 6 heteroatoms. The molecule has 3 rings (SSSR count). The number of nitrogens with two attached hydrogens (primary N) is 1. The molecule has 0 saturated carbocycles. The fourth-order valence-corrected chi connectivity index (χ4v) is 2.76. The normalized spacial score (nSPS) is 18.6. The van der Waals surface area contributed by atoms with Crippen LogP contribution in [0.15, 0.2) is 24.3 Å². The molecule has 1 unspecified atom stereocenters. The summed E-state index contributed by atoms with van der Waals surface area (Å²) >= 11 is 0. The highest BCUT2D eigenvalue weighted by atomic mass is 16.2. The van der Waals surface area contributed by atoms with Crippen molar-refractivity contribution < 1.29 is 9.59 Å². The molecule has 0 spiro atoms. The van der Waals surface area contributed by atoms with Crippen LogP contribution in [0.25, 0.3) is 10.9 Å². The Kier molecular flexibility index (Phi) is 3.14. The zero-order valence-corrected chi connectivity index (χ0v) is 11.0. The smallest absolute Gasteiger partial charge is 0.240 e. The number of carbonyl (C=O) groups excluding carboxylic acids is 2. The SMILES string of the molecule is NC(=O)C1CCCN1C(=O)Cc1n[nH]c2ccccc12. The molecule has 0 bridgehead atoms. The number of rotatable bonds is 3. The third kappa shape index (κ3) is 2.13. The first-order valence-electron chi connectivity index (χ1n) is 6.67. The van der Waals surface area contributed by atoms with E-state index in [-0.39, 0.29) is 12.3 Å². The Morgan fingerprint density at radius 1 is 1.40 bits per heavy atom. The Balaban J connectivity index is 1.80. The van der Waals surface area contributed by atoms with E-state index in [2.05, 4.69) is 10.2 Å². The molecular weight excluding hydrogens is 256 g/mol. The lowest BCUT2D eigenvalue weighted by Crippen LogP contribution is -2.44. The van der Waals surface area contributed by atoms with Gasteiger partial charge in [0.05, 0.1) is 17.6 Å². The molecule has 6 nitrogen and oxygen atoms in total.